The zero-order chi connectivity index (χ0) is 25.9. The van der Waals surface area contributed by atoms with Crippen molar-refractivity contribution >= 4 is 5.91 Å². The van der Waals surface area contributed by atoms with Gasteiger partial charge in [-0.2, -0.15) is 9.78 Å². The smallest absolute Gasteiger partial charge is 0.406 e. The summed E-state index contributed by atoms with van der Waals surface area (Å²) in [5.41, 5.74) is -0.828. The molecule has 1 aromatic heterocycles. The van der Waals surface area contributed by atoms with Gasteiger partial charge in [0.15, 0.2) is 0 Å². The highest BCUT2D eigenvalue weighted by atomic mass is 19.4. The quantitative estimate of drug-likeness (QED) is 0.477. The molecule has 0 saturated carbocycles. The lowest BCUT2D eigenvalue weighted by atomic mass is 9.99. The number of nitrogens with zero attached hydrogens (tertiary/aromatic N) is 2. The number of hydrogen-bond acceptors (Lipinski definition) is 6. The molecular weight excluding hydrogens is 486 g/mol. The van der Waals surface area contributed by atoms with Crippen LogP contribution in [0.2, 0.25) is 0 Å². The predicted octanol–water partition coefficient (Wildman–Crippen LogP) is 3.06. The molecule has 190 valence electrons. The third kappa shape index (κ3) is 5.89. The molecule has 1 aliphatic rings. The van der Waals surface area contributed by atoms with Crippen molar-refractivity contribution in [1.29, 1.82) is 0 Å². The third-order valence-electron chi connectivity index (χ3n) is 5.64. The second kappa shape index (κ2) is 10.5. The molecule has 0 radical (unpaired) electrons. The molecular formula is C24H21F4N3O5. The number of nitrogens with one attached hydrogen (secondary N) is 1. The van der Waals surface area contributed by atoms with Crippen molar-refractivity contribution in [2.45, 2.75) is 18.8 Å². The van der Waals surface area contributed by atoms with Crippen molar-refractivity contribution < 1.29 is 36.9 Å². The molecule has 2 atom stereocenters. The molecule has 1 saturated heterocycles. The Morgan fingerprint density at radius 2 is 1.97 bits per heavy atom. The summed E-state index contributed by atoms with van der Waals surface area (Å²) in [7, 11) is 0. The number of carbonyl (C=O) groups is 1. The highest BCUT2D eigenvalue weighted by Crippen LogP contribution is 2.26. The second-order valence-electron chi connectivity index (χ2n) is 8.10. The van der Waals surface area contributed by atoms with E-state index >= 15 is 0 Å². The van der Waals surface area contributed by atoms with Gasteiger partial charge in [0.1, 0.15) is 17.1 Å². The van der Waals surface area contributed by atoms with Crippen LogP contribution >= 0.6 is 0 Å². The van der Waals surface area contributed by atoms with Crippen LogP contribution in [-0.2, 0) is 4.74 Å². The number of carbonyl (C=O) groups excluding carboxylic acids is 1. The Labute approximate surface area is 202 Å². The number of halogens is 4. The molecule has 1 aliphatic heterocycles. The number of aliphatic hydroxyl groups is 1. The van der Waals surface area contributed by atoms with E-state index in [2.05, 4.69) is 15.2 Å². The van der Waals surface area contributed by atoms with Gasteiger partial charge in [0.2, 0.25) is 0 Å². The lowest BCUT2D eigenvalue weighted by molar-refractivity contribution is -0.274. The molecule has 0 spiro atoms. The van der Waals surface area contributed by atoms with Crippen molar-refractivity contribution in [2.24, 2.45) is 5.92 Å². The summed E-state index contributed by atoms with van der Waals surface area (Å²) >= 11 is 0. The van der Waals surface area contributed by atoms with Gasteiger partial charge < -0.3 is 19.9 Å². The summed E-state index contributed by atoms with van der Waals surface area (Å²) in [5.74, 6) is -2.05. The summed E-state index contributed by atoms with van der Waals surface area (Å²) in [6.07, 6.45) is -4.25. The molecule has 0 unspecified atom stereocenters. The minimum Gasteiger partial charge on any atom is -0.406 e. The number of ether oxygens (including phenoxy) is 2. The van der Waals surface area contributed by atoms with Crippen molar-refractivity contribution in [3.63, 3.8) is 0 Å². The van der Waals surface area contributed by atoms with Crippen LogP contribution in [0, 0.1) is 11.7 Å². The molecule has 3 aromatic rings. The molecule has 12 heteroatoms. The summed E-state index contributed by atoms with van der Waals surface area (Å²) < 4.78 is 61.4. The molecule has 1 amide bonds. The standard InChI is InChI=1S/C24H21F4N3O5/c25-16-2-1-3-17(10-16)31-23(34)19(22(33)29-21(12-32)15-8-9-35-13-15)11-20(30-31)14-4-6-18(7-5-14)36-24(26,27)28/h1-7,10-11,15,21,32H,8-9,12-13H2,(H,29,33)/t15-,21+/m1/s1. The van der Waals surface area contributed by atoms with Crippen molar-refractivity contribution in [2.75, 3.05) is 19.8 Å². The second-order valence-corrected chi connectivity index (χ2v) is 8.10. The van der Waals surface area contributed by atoms with Crippen molar-refractivity contribution in [3.8, 4) is 22.7 Å². The predicted molar refractivity (Wildman–Crippen MR) is 119 cm³/mol. The number of rotatable bonds is 7. The lowest BCUT2D eigenvalue weighted by Crippen LogP contribution is -2.45. The largest absolute Gasteiger partial charge is 0.573 e. The Hall–Kier alpha value is -3.77. The van der Waals surface area contributed by atoms with Crippen LogP contribution in [0.1, 0.15) is 16.8 Å². The topological polar surface area (TPSA) is 103 Å². The van der Waals surface area contributed by atoms with E-state index in [1.54, 1.807) is 0 Å². The molecule has 0 bridgehead atoms. The van der Waals surface area contributed by atoms with E-state index in [1.807, 2.05) is 0 Å². The monoisotopic (exact) mass is 507 g/mol. The van der Waals surface area contributed by atoms with Crippen LogP contribution in [0.3, 0.4) is 0 Å². The first-order valence-corrected chi connectivity index (χ1v) is 10.9. The Bertz CT molecular complexity index is 1290. The maximum Gasteiger partial charge on any atom is 0.573 e. The molecule has 2 heterocycles. The van der Waals surface area contributed by atoms with E-state index in [9.17, 15) is 32.3 Å². The summed E-state index contributed by atoms with van der Waals surface area (Å²) in [6.45, 7) is 0.445. The zero-order valence-electron chi connectivity index (χ0n) is 18.7. The van der Waals surface area contributed by atoms with Crippen LogP contribution in [0.25, 0.3) is 16.9 Å². The average Bonchev–Trinajstić information content (AvgIpc) is 3.37. The van der Waals surface area contributed by atoms with Gasteiger partial charge >= 0.3 is 6.36 Å². The summed E-state index contributed by atoms with van der Waals surface area (Å²) in [6, 6.07) is 10.2. The number of aliphatic hydroxyl groups excluding tert-OH is 1. The molecule has 36 heavy (non-hydrogen) atoms. The Morgan fingerprint density at radius 1 is 1.22 bits per heavy atom. The van der Waals surface area contributed by atoms with Gasteiger partial charge in [0.25, 0.3) is 11.5 Å². The van der Waals surface area contributed by atoms with Crippen LogP contribution in [0.4, 0.5) is 17.6 Å². The maximum atomic E-state index is 13.9. The summed E-state index contributed by atoms with van der Waals surface area (Å²) in [4.78, 5) is 26.3. The van der Waals surface area contributed by atoms with E-state index in [4.69, 9.17) is 4.74 Å². The third-order valence-corrected chi connectivity index (χ3v) is 5.64. The van der Waals surface area contributed by atoms with Gasteiger partial charge in [-0.05, 0) is 55.0 Å². The highest BCUT2D eigenvalue weighted by molar-refractivity contribution is 5.95. The van der Waals surface area contributed by atoms with E-state index in [0.29, 0.717) is 19.6 Å². The lowest BCUT2D eigenvalue weighted by Gasteiger charge is -2.21. The van der Waals surface area contributed by atoms with Crippen molar-refractivity contribution in [3.05, 3.63) is 76.3 Å². The van der Waals surface area contributed by atoms with E-state index in [0.717, 1.165) is 22.9 Å². The van der Waals surface area contributed by atoms with Crippen molar-refractivity contribution in [1.82, 2.24) is 15.1 Å². The van der Waals surface area contributed by atoms with Crippen LogP contribution in [0.5, 0.6) is 5.75 Å². The normalized spacial score (nSPS) is 16.5. The number of benzene rings is 2. The SMILES string of the molecule is O=C(N[C@@H](CO)[C@@H]1CCOC1)c1cc(-c2ccc(OC(F)(F)F)cc2)nn(-c2cccc(F)c2)c1=O. The van der Waals surface area contributed by atoms with Gasteiger partial charge in [-0.15, -0.1) is 13.2 Å². The molecule has 0 aliphatic carbocycles. The average molecular weight is 507 g/mol. The maximum absolute atomic E-state index is 13.9. The first kappa shape index (κ1) is 25.3. The fourth-order valence-electron chi connectivity index (χ4n) is 3.84. The first-order chi connectivity index (χ1) is 17.1. The van der Waals surface area contributed by atoms with Gasteiger partial charge in [-0.3, -0.25) is 9.59 Å². The molecule has 8 nitrogen and oxygen atoms in total. The van der Waals surface area contributed by atoms with Gasteiger partial charge in [0.05, 0.1) is 30.6 Å². The number of alkyl halides is 3. The van der Waals surface area contributed by atoms with Crippen LogP contribution in [-0.4, -0.2) is 53.0 Å². The number of hydrogen-bond donors (Lipinski definition) is 2. The van der Waals surface area contributed by atoms with E-state index in [-0.39, 0.29) is 35.0 Å². The first-order valence-electron chi connectivity index (χ1n) is 10.9. The summed E-state index contributed by atoms with van der Waals surface area (Å²) in [5, 5.41) is 16.6. The molecule has 1 fully saturated rings. The fraction of sp³-hybridized carbons (Fsp3) is 0.292. The zero-order valence-corrected chi connectivity index (χ0v) is 18.7. The van der Waals surface area contributed by atoms with Gasteiger partial charge in [-0.1, -0.05) is 6.07 Å². The highest BCUT2D eigenvalue weighted by Gasteiger charge is 2.31. The number of aromatic nitrogens is 2. The van der Waals surface area contributed by atoms with E-state index < -0.39 is 35.4 Å². The van der Waals surface area contributed by atoms with Crippen LogP contribution < -0.4 is 15.6 Å². The molecule has 2 N–H and O–H groups in total. The van der Waals surface area contributed by atoms with E-state index in [1.165, 1.54) is 36.4 Å². The van der Waals surface area contributed by atoms with Gasteiger partial charge in [0, 0.05) is 18.1 Å². The Morgan fingerprint density at radius 3 is 2.58 bits per heavy atom. The Balaban J connectivity index is 1.75. The minimum atomic E-state index is -4.87. The molecule has 2 aromatic carbocycles. The Kier molecular flexibility index (Phi) is 7.36. The van der Waals surface area contributed by atoms with Gasteiger partial charge in [-0.25, -0.2) is 4.39 Å². The number of amides is 1. The molecule has 4 rings (SSSR count). The minimum absolute atomic E-state index is 0.0378. The van der Waals surface area contributed by atoms with Crippen LogP contribution in [0.15, 0.2) is 59.4 Å². The fourth-order valence-corrected chi connectivity index (χ4v) is 3.84.